The van der Waals surface area contributed by atoms with Crippen LogP contribution in [-0.4, -0.2) is 36.4 Å². The lowest BCUT2D eigenvalue weighted by molar-refractivity contribution is -0.184. The molecule has 3 amide bonds. The zero-order valence-corrected chi connectivity index (χ0v) is 10.7. The summed E-state index contributed by atoms with van der Waals surface area (Å²) in [4.78, 5) is 39.4. The summed E-state index contributed by atoms with van der Waals surface area (Å²) in [6.45, 7) is 1.35. The number of urea groups is 1. The van der Waals surface area contributed by atoms with Gasteiger partial charge in [-0.15, -0.1) is 0 Å². The van der Waals surface area contributed by atoms with E-state index in [9.17, 15) is 18.8 Å². The van der Waals surface area contributed by atoms with Crippen LogP contribution in [-0.2, 0) is 19.2 Å². The number of hydrogen-bond donors (Lipinski definition) is 3. The number of alkyl halides is 1. The normalized spacial score (nSPS) is 28.7. The zero-order valence-electron chi connectivity index (χ0n) is 10.7. The van der Waals surface area contributed by atoms with Gasteiger partial charge in [0.05, 0.1) is 6.61 Å². The van der Waals surface area contributed by atoms with Gasteiger partial charge < -0.3 is 10.1 Å². The molecule has 110 valence electrons. The Kier molecular flexibility index (Phi) is 3.89. The van der Waals surface area contributed by atoms with Crippen molar-refractivity contribution in [1.29, 1.82) is 0 Å². The van der Waals surface area contributed by atoms with Gasteiger partial charge >= 0.3 is 17.7 Å². The highest BCUT2D eigenvalue weighted by molar-refractivity contribution is 6.14. The van der Waals surface area contributed by atoms with Gasteiger partial charge in [-0.1, -0.05) is 6.08 Å². The summed E-state index contributed by atoms with van der Waals surface area (Å²) in [5, 5.41) is 3.69. The molecule has 0 saturated carbocycles. The summed E-state index contributed by atoms with van der Waals surface area (Å²) in [7, 11) is 0. The van der Waals surface area contributed by atoms with Crippen molar-refractivity contribution >= 4 is 17.9 Å². The number of amides is 3. The first-order chi connectivity index (χ1) is 9.48. The SMILES string of the molecule is CCOC(=O)C1(F)C(=O)NC(=O)NC1ONC1=CCC1. The maximum absolute atomic E-state index is 14.7. The van der Waals surface area contributed by atoms with Crippen molar-refractivity contribution in [2.45, 2.75) is 31.7 Å². The Morgan fingerprint density at radius 2 is 2.30 bits per heavy atom. The van der Waals surface area contributed by atoms with Crippen LogP contribution >= 0.6 is 0 Å². The van der Waals surface area contributed by atoms with E-state index < -0.39 is 29.8 Å². The fraction of sp³-hybridized carbons (Fsp3) is 0.545. The lowest BCUT2D eigenvalue weighted by atomic mass is 10.0. The average Bonchev–Trinajstić information content (AvgIpc) is 2.33. The third kappa shape index (κ3) is 2.44. The second-order valence-electron chi connectivity index (χ2n) is 4.23. The van der Waals surface area contributed by atoms with Crippen LogP contribution in [0.2, 0.25) is 0 Å². The van der Waals surface area contributed by atoms with Gasteiger partial charge in [0.15, 0.2) is 0 Å². The summed E-state index contributed by atoms with van der Waals surface area (Å²) < 4.78 is 19.2. The highest BCUT2D eigenvalue weighted by atomic mass is 19.1. The molecule has 0 aromatic heterocycles. The van der Waals surface area contributed by atoms with Gasteiger partial charge in [-0.25, -0.2) is 18.8 Å². The van der Waals surface area contributed by atoms with Crippen LogP contribution < -0.4 is 16.1 Å². The molecule has 8 nitrogen and oxygen atoms in total. The van der Waals surface area contributed by atoms with Crippen molar-refractivity contribution in [2.75, 3.05) is 6.61 Å². The standard InChI is InChI=1S/C11H14FN3O5/c1-2-19-9(17)11(12)7(16)13-10(18)14-8(11)20-15-6-4-3-5-6/h4,8,15H,2-3,5H2,1H3,(H2,13,14,16,18). The molecule has 0 spiro atoms. The van der Waals surface area contributed by atoms with Gasteiger partial charge in [-0.05, 0) is 19.8 Å². The molecular formula is C11H14FN3O5. The topological polar surface area (TPSA) is 106 Å². The van der Waals surface area contributed by atoms with Crippen molar-refractivity contribution in [3.05, 3.63) is 11.8 Å². The molecule has 2 rings (SSSR count). The maximum Gasteiger partial charge on any atom is 0.358 e. The van der Waals surface area contributed by atoms with E-state index in [1.54, 1.807) is 11.4 Å². The summed E-state index contributed by atoms with van der Waals surface area (Å²) in [5.41, 5.74) is -0.0736. The fourth-order valence-corrected chi connectivity index (χ4v) is 1.63. The number of allylic oxidation sites excluding steroid dienone is 2. The molecule has 0 aromatic rings. The van der Waals surface area contributed by atoms with Gasteiger partial charge in [0.2, 0.25) is 6.23 Å². The summed E-state index contributed by atoms with van der Waals surface area (Å²) in [5.74, 6) is -2.85. The van der Waals surface area contributed by atoms with E-state index in [4.69, 9.17) is 4.84 Å². The van der Waals surface area contributed by atoms with E-state index >= 15 is 0 Å². The Morgan fingerprint density at radius 3 is 2.85 bits per heavy atom. The largest absolute Gasteiger partial charge is 0.463 e. The Bertz CT molecular complexity index is 481. The number of hydrogen-bond acceptors (Lipinski definition) is 6. The van der Waals surface area contributed by atoms with Gasteiger partial charge in [0.25, 0.3) is 5.91 Å². The second-order valence-corrected chi connectivity index (χ2v) is 4.23. The molecule has 0 bridgehead atoms. The third-order valence-electron chi connectivity index (χ3n) is 2.87. The van der Waals surface area contributed by atoms with E-state index in [0.29, 0.717) is 12.1 Å². The molecule has 0 radical (unpaired) electrons. The summed E-state index contributed by atoms with van der Waals surface area (Å²) in [6.07, 6.45) is 1.52. The van der Waals surface area contributed by atoms with E-state index in [0.717, 1.165) is 6.42 Å². The molecule has 1 aliphatic carbocycles. The predicted octanol–water partition coefficient (Wildman–Crippen LogP) is -0.378. The first-order valence-electron chi connectivity index (χ1n) is 6.07. The third-order valence-corrected chi connectivity index (χ3v) is 2.87. The first kappa shape index (κ1) is 14.3. The molecule has 9 heteroatoms. The molecule has 20 heavy (non-hydrogen) atoms. The number of esters is 1. The Balaban J connectivity index is 2.15. The van der Waals surface area contributed by atoms with E-state index in [-0.39, 0.29) is 6.61 Å². The number of hydroxylamine groups is 1. The number of rotatable bonds is 5. The molecule has 0 aromatic carbocycles. The van der Waals surface area contributed by atoms with Gasteiger partial charge in [0, 0.05) is 5.70 Å². The van der Waals surface area contributed by atoms with Crippen LogP contribution in [0.3, 0.4) is 0 Å². The minimum absolute atomic E-state index is 0.114. The van der Waals surface area contributed by atoms with E-state index in [2.05, 4.69) is 10.2 Å². The highest BCUT2D eigenvalue weighted by Gasteiger charge is 2.60. The van der Waals surface area contributed by atoms with Crippen molar-refractivity contribution in [1.82, 2.24) is 16.1 Å². The number of halogens is 1. The van der Waals surface area contributed by atoms with Crippen LogP contribution in [0.4, 0.5) is 9.18 Å². The fourth-order valence-electron chi connectivity index (χ4n) is 1.63. The molecule has 1 aliphatic heterocycles. The predicted molar refractivity (Wildman–Crippen MR) is 62.5 cm³/mol. The molecular weight excluding hydrogens is 273 g/mol. The lowest BCUT2D eigenvalue weighted by Gasteiger charge is -2.34. The molecule has 2 unspecified atom stereocenters. The molecule has 2 atom stereocenters. The van der Waals surface area contributed by atoms with Gasteiger partial charge in [0.1, 0.15) is 0 Å². The minimum atomic E-state index is -3.15. The van der Waals surface area contributed by atoms with E-state index in [1.165, 1.54) is 6.92 Å². The molecule has 1 fully saturated rings. The Hall–Kier alpha value is -2.16. The van der Waals surface area contributed by atoms with Crippen LogP contribution in [0.1, 0.15) is 19.8 Å². The Morgan fingerprint density at radius 1 is 1.60 bits per heavy atom. The highest BCUT2D eigenvalue weighted by Crippen LogP contribution is 2.24. The maximum atomic E-state index is 14.7. The van der Waals surface area contributed by atoms with Crippen molar-refractivity contribution in [2.24, 2.45) is 0 Å². The zero-order chi connectivity index (χ0) is 14.8. The van der Waals surface area contributed by atoms with Crippen LogP contribution in [0.5, 0.6) is 0 Å². The lowest BCUT2D eigenvalue weighted by Crippen LogP contribution is -2.71. The number of imide groups is 1. The quantitative estimate of drug-likeness (QED) is 0.362. The number of carbonyl (C=O) groups excluding carboxylic acids is 3. The molecule has 3 N–H and O–H groups in total. The summed E-state index contributed by atoms with van der Waals surface area (Å²) in [6, 6.07) is -0.957. The van der Waals surface area contributed by atoms with Crippen LogP contribution in [0.25, 0.3) is 0 Å². The smallest absolute Gasteiger partial charge is 0.358 e. The number of nitrogens with one attached hydrogen (secondary N) is 3. The average molecular weight is 287 g/mol. The summed E-state index contributed by atoms with van der Waals surface area (Å²) >= 11 is 0. The number of carbonyl (C=O) groups is 3. The minimum Gasteiger partial charge on any atom is -0.463 e. The Labute approximate surface area is 113 Å². The van der Waals surface area contributed by atoms with E-state index in [1.807, 2.05) is 5.32 Å². The van der Waals surface area contributed by atoms with Crippen molar-refractivity contribution < 1.29 is 28.3 Å². The molecule has 2 aliphatic rings. The first-order valence-corrected chi connectivity index (χ1v) is 6.07. The van der Waals surface area contributed by atoms with Crippen molar-refractivity contribution in [3.63, 3.8) is 0 Å². The van der Waals surface area contributed by atoms with Crippen LogP contribution in [0, 0.1) is 0 Å². The number of ether oxygens (including phenoxy) is 1. The van der Waals surface area contributed by atoms with Gasteiger partial charge in [-0.3, -0.25) is 15.6 Å². The second kappa shape index (κ2) is 5.45. The van der Waals surface area contributed by atoms with Crippen molar-refractivity contribution in [3.8, 4) is 0 Å². The van der Waals surface area contributed by atoms with Gasteiger partial charge in [-0.2, -0.15) is 0 Å². The molecule has 1 heterocycles. The molecule has 1 saturated heterocycles. The van der Waals surface area contributed by atoms with Crippen LogP contribution in [0.15, 0.2) is 11.8 Å². The monoisotopic (exact) mass is 287 g/mol.